The number of pyridine rings is 1. The summed E-state index contributed by atoms with van der Waals surface area (Å²) in [6.45, 7) is 22.2. The Morgan fingerprint density at radius 3 is 2.33 bits per heavy atom. The van der Waals surface area contributed by atoms with Crippen molar-refractivity contribution in [2.24, 2.45) is 5.92 Å². The quantitative estimate of drug-likeness (QED) is 0.125. The number of nitrogens with zero attached hydrogens (tertiary/aromatic N) is 3. The summed E-state index contributed by atoms with van der Waals surface area (Å²) in [5.74, 6) is 1.14. The normalized spacial score (nSPS) is 27.4. The highest BCUT2D eigenvalue weighted by Crippen LogP contribution is 2.43. The Morgan fingerprint density at radius 2 is 1.63 bits per heavy atom. The molecule has 0 amide bonds. The molecule has 2 saturated heterocycles. The van der Waals surface area contributed by atoms with Gasteiger partial charge in [-0.25, -0.2) is 9.37 Å². The van der Waals surface area contributed by atoms with Crippen LogP contribution in [0.25, 0.3) is 11.2 Å². The van der Waals surface area contributed by atoms with Gasteiger partial charge in [0.15, 0.2) is 20.1 Å². The Hall–Kier alpha value is -2.07. The van der Waals surface area contributed by atoms with Crippen LogP contribution in [0.15, 0.2) is 18.2 Å². The maximum atomic E-state index is 15.8. The van der Waals surface area contributed by atoms with Gasteiger partial charge in [0.25, 0.3) is 0 Å². The van der Waals surface area contributed by atoms with Crippen LogP contribution in [0.5, 0.6) is 11.8 Å². The van der Waals surface area contributed by atoms with Gasteiger partial charge in [-0.1, -0.05) is 58.9 Å². The summed E-state index contributed by atoms with van der Waals surface area (Å²) in [7, 11) is -3.34. The Morgan fingerprint density at radius 1 is 0.926 bits per heavy atom. The van der Waals surface area contributed by atoms with Crippen molar-refractivity contribution in [3.8, 4) is 11.8 Å². The van der Waals surface area contributed by atoms with Gasteiger partial charge < -0.3 is 28.1 Å². The molecule has 2 aromatic heterocycles. The van der Waals surface area contributed by atoms with Gasteiger partial charge in [-0.3, -0.25) is 4.57 Å². The Balaban J connectivity index is 1.10. The lowest BCUT2D eigenvalue weighted by molar-refractivity contribution is 0.00687. The van der Waals surface area contributed by atoms with E-state index in [1.54, 1.807) is 6.07 Å². The smallest absolute Gasteiger partial charge is 0.301 e. The van der Waals surface area contributed by atoms with E-state index in [1.807, 2.05) is 10.6 Å². The van der Waals surface area contributed by atoms with Gasteiger partial charge in [0.1, 0.15) is 36.0 Å². The largest absolute Gasteiger partial charge is 0.490 e. The topological polar surface area (TPSA) is 86.1 Å². The molecule has 1 saturated carbocycles. The molecule has 5 atom stereocenters. The highest BCUT2D eigenvalue weighted by atomic mass is 35.5. The second kappa shape index (κ2) is 15.7. The molecule has 0 spiro atoms. The van der Waals surface area contributed by atoms with Crippen LogP contribution in [-0.2, 0) is 38.2 Å². The molecule has 0 bridgehead atoms. The third-order valence-electron chi connectivity index (χ3n) is 12.5. The molecule has 3 aromatic rings. The molecule has 9 nitrogen and oxygen atoms in total. The van der Waals surface area contributed by atoms with Gasteiger partial charge in [0.2, 0.25) is 0 Å². The molecule has 298 valence electrons. The zero-order valence-corrected chi connectivity index (χ0v) is 36.6. The van der Waals surface area contributed by atoms with Gasteiger partial charge in [-0.05, 0) is 104 Å². The van der Waals surface area contributed by atoms with Crippen molar-refractivity contribution in [2.45, 2.75) is 160 Å². The van der Waals surface area contributed by atoms with Crippen LogP contribution < -0.4 is 9.47 Å². The summed E-state index contributed by atoms with van der Waals surface area (Å²) in [4.78, 5) is 9.99. The molecule has 4 aliphatic rings. The number of benzene rings is 1. The van der Waals surface area contributed by atoms with Gasteiger partial charge in [0.05, 0.1) is 36.1 Å². The van der Waals surface area contributed by atoms with Crippen LogP contribution in [0.1, 0.15) is 82.5 Å². The van der Waals surface area contributed by atoms with Crippen molar-refractivity contribution in [1.29, 1.82) is 0 Å². The first-order valence-corrected chi connectivity index (χ1v) is 27.1. The van der Waals surface area contributed by atoms with E-state index >= 15 is 4.39 Å². The van der Waals surface area contributed by atoms with Crippen molar-refractivity contribution in [1.82, 2.24) is 14.5 Å². The molecule has 1 aromatic carbocycles. The lowest BCUT2D eigenvalue weighted by atomic mass is 9.89. The highest BCUT2D eigenvalue weighted by Gasteiger charge is 2.52. The van der Waals surface area contributed by atoms with Crippen molar-refractivity contribution in [3.05, 3.63) is 45.9 Å². The molecular weight excluding hydrogens is 741 g/mol. The second-order valence-electron chi connectivity index (χ2n) is 19.0. The summed E-state index contributed by atoms with van der Waals surface area (Å²) < 4.78 is 56.2. The van der Waals surface area contributed by atoms with Gasteiger partial charge in [0, 0.05) is 20.7 Å². The summed E-state index contributed by atoms with van der Waals surface area (Å²) >= 11 is 6.93. The van der Waals surface area contributed by atoms with Crippen LogP contribution in [0, 0.1) is 11.7 Å². The first-order valence-electron chi connectivity index (χ1n) is 20.2. The minimum atomic E-state index is -2.03. The van der Waals surface area contributed by atoms with E-state index in [0.29, 0.717) is 59.9 Å². The standard InChI is InChI=1S/C41H61ClFN3O6Si2/c1-25-10-14-28(15-11-25)50-29-18-26-12-13-27(36(26)31(43)20-29)19-32-30(42)21-33-39(44-32)46(24-47-16-17-53(5,6)7)40(45-33)51-34-22-48-38-35(23-49-37(34)38)52-54(8,9)41(2,3)4/h18,20-21,25,27-28,34-35,37-38H,10-17,19,22-24H2,1-9H3/t25?,27-,28?,34-,35-,37-,38-/m1/s1. The van der Waals surface area contributed by atoms with Crippen molar-refractivity contribution in [2.75, 3.05) is 19.8 Å². The van der Waals surface area contributed by atoms with Crippen molar-refractivity contribution >= 4 is 39.2 Å². The molecular formula is C41H61ClFN3O6Si2. The average Bonchev–Trinajstić information content (AvgIpc) is 3.85. The third kappa shape index (κ3) is 8.74. The van der Waals surface area contributed by atoms with E-state index in [0.717, 1.165) is 61.6 Å². The molecule has 3 fully saturated rings. The Labute approximate surface area is 328 Å². The summed E-state index contributed by atoms with van der Waals surface area (Å²) in [6, 6.07) is 6.91. The predicted molar refractivity (Wildman–Crippen MR) is 216 cm³/mol. The Bertz CT molecular complexity index is 1800. The lowest BCUT2D eigenvalue weighted by Gasteiger charge is -2.39. The molecule has 0 unspecified atom stereocenters. The van der Waals surface area contributed by atoms with E-state index < -0.39 is 16.4 Å². The number of rotatable bonds is 13. The minimum absolute atomic E-state index is 0.0410. The van der Waals surface area contributed by atoms with Crippen molar-refractivity contribution < 1.29 is 32.5 Å². The fraction of sp³-hybridized carbons (Fsp3) is 0.707. The fourth-order valence-electron chi connectivity index (χ4n) is 8.08. The first-order chi connectivity index (χ1) is 25.5. The third-order valence-corrected chi connectivity index (χ3v) is 19.0. The Kier molecular flexibility index (Phi) is 11.7. The van der Waals surface area contributed by atoms with Crippen LogP contribution in [-0.4, -0.2) is 81.3 Å². The van der Waals surface area contributed by atoms with E-state index in [2.05, 4.69) is 66.5 Å². The van der Waals surface area contributed by atoms with Gasteiger partial charge in [-0.2, -0.15) is 4.98 Å². The van der Waals surface area contributed by atoms with E-state index in [-0.39, 0.29) is 54.0 Å². The molecule has 7 rings (SSSR count). The van der Waals surface area contributed by atoms with E-state index in [9.17, 15) is 0 Å². The summed E-state index contributed by atoms with van der Waals surface area (Å²) in [5.41, 5.74) is 3.74. The maximum Gasteiger partial charge on any atom is 0.301 e. The monoisotopic (exact) mass is 801 g/mol. The molecule has 0 radical (unpaired) electrons. The average molecular weight is 803 g/mol. The number of fused-ring (bicyclic) bond motifs is 3. The fourth-order valence-corrected chi connectivity index (χ4v) is 10.4. The van der Waals surface area contributed by atoms with Gasteiger partial charge in [-0.15, -0.1) is 0 Å². The molecule has 0 N–H and O–H groups in total. The SMILES string of the molecule is CC1CCC(Oc2cc(F)c3c(c2)CC[C@@H]3Cc2nc3c(cc2Cl)nc(O[C@@H]2CO[C@H]4[C@@H]2OC[C@H]4O[Si](C)(C)C(C)(C)C)n3COCC[Si](C)(C)C)CC1. The zero-order valence-electron chi connectivity index (χ0n) is 33.8. The predicted octanol–water partition coefficient (Wildman–Crippen LogP) is 9.70. The van der Waals surface area contributed by atoms with Crippen LogP contribution in [0.4, 0.5) is 4.39 Å². The molecule has 2 aliphatic carbocycles. The number of aromatic nitrogens is 3. The van der Waals surface area contributed by atoms with Crippen LogP contribution in [0.3, 0.4) is 0 Å². The molecule has 4 heterocycles. The summed E-state index contributed by atoms with van der Waals surface area (Å²) in [5, 5.41) is 0.585. The highest BCUT2D eigenvalue weighted by molar-refractivity contribution is 6.76. The van der Waals surface area contributed by atoms with E-state index in [1.165, 1.54) is 0 Å². The van der Waals surface area contributed by atoms with Crippen molar-refractivity contribution in [3.63, 3.8) is 0 Å². The number of aryl methyl sites for hydroxylation is 1. The minimum Gasteiger partial charge on any atom is -0.490 e. The molecule has 2 aliphatic heterocycles. The molecule has 54 heavy (non-hydrogen) atoms. The maximum absolute atomic E-state index is 15.8. The van der Waals surface area contributed by atoms with E-state index in [4.69, 9.17) is 49.7 Å². The van der Waals surface area contributed by atoms with Gasteiger partial charge >= 0.3 is 6.01 Å². The summed E-state index contributed by atoms with van der Waals surface area (Å²) in [6.07, 6.45) is 5.68. The molecule has 13 heteroatoms. The van der Waals surface area contributed by atoms with Crippen LogP contribution >= 0.6 is 11.6 Å². The number of hydrogen-bond acceptors (Lipinski definition) is 8. The number of imidazole rings is 1. The second-order valence-corrected chi connectivity index (χ2v) is 29.8. The zero-order chi connectivity index (χ0) is 38.6. The van der Waals surface area contributed by atoms with Crippen LogP contribution in [0.2, 0.25) is 48.8 Å². The first kappa shape index (κ1) is 40.1. The lowest BCUT2D eigenvalue weighted by Crippen LogP contribution is -2.47. The number of hydrogen-bond donors (Lipinski definition) is 0. The number of halogens is 2. The number of ether oxygens (including phenoxy) is 5.